The van der Waals surface area contributed by atoms with Gasteiger partial charge in [-0.3, -0.25) is 9.59 Å². The second-order valence-electron chi connectivity index (χ2n) is 8.90. The quantitative estimate of drug-likeness (QED) is 0.561. The number of fused-ring (bicyclic) bond motifs is 1. The first-order valence-electron chi connectivity index (χ1n) is 10.8. The van der Waals surface area contributed by atoms with Crippen molar-refractivity contribution in [3.63, 3.8) is 0 Å². The topological polar surface area (TPSA) is 58.6 Å². The second kappa shape index (κ2) is 8.50. The van der Waals surface area contributed by atoms with Crippen LogP contribution < -0.4 is 15.0 Å². The number of carbonyl (C=O) groups is 2. The molecule has 0 saturated carbocycles. The van der Waals surface area contributed by atoms with Crippen molar-refractivity contribution in [3.8, 4) is 5.75 Å². The molecule has 4 rings (SSSR count). The zero-order chi connectivity index (χ0) is 22.9. The third kappa shape index (κ3) is 4.37. The largest absolute Gasteiger partial charge is 0.476 e. The molecule has 0 atom stereocenters. The lowest BCUT2D eigenvalue weighted by molar-refractivity contribution is -0.132. The van der Waals surface area contributed by atoms with E-state index in [4.69, 9.17) is 4.74 Å². The molecule has 0 spiro atoms. The number of anilines is 2. The molecule has 1 heterocycles. The van der Waals surface area contributed by atoms with Gasteiger partial charge in [0.1, 0.15) is 5.75 Å². The molecule has 164 valence electrons. The molecule has 0 saturated heterocycles. The summed E-state index contributed by atoms with van der Waals surface area (Å²) in [5, 5.41) is 2.94. The predicted molar refractivity (Wildman–Crippen MR) is 127 cm³/mol. The van der Waals surface area contributed by atoms with Gasteiger partial charge in [0.2, 0.25) is 0 Å². The molecule has 1 aliphatic heterocycles. The average Bonchev–Trinajstić information content (AvgIpc) is 2.77. The summed E-state index contributed by atoms with van der Waals surface area (Å²) in [6.07, 6.45) is 0. The van der Waals surface area contributed by atoms with E-state index in [-0.39, 0.29) is 11.8 Å². The van der Waals surface area contributed by atoms with Crippen LogP contribution >= 0.6 is 0 Å². The van der Waals surface area contributed by atoms with Crippen molar-refractivity contribution in [3.05, 3.63) is 89.5 Å². The Balaban J connectivity index is 1.62. The van der Waals surface area contributed by atoms with E-state index in [0.717, 1.165) is 11.3 Å². The number of carbonyl (C=O) groups excluding carboxylic acids is 2. The van der Waals surface area contributed by atoms with E-state index < -0.39 is 5.60 Å². The van der Waals surface area contributed by atoms with Crippen LogP contribution in [0, 0.1) is 0 Å². The highest BCUT2D eigenvalue weighted by Crippen LogP contribution is 2.39. The zero-order valence-electron chi connectivity index (χ0n) is 18.9. The van der Waals surface area contributed by atoms with Gasteiger partial charge < -0.3 is 15.0 Å². The minimum absolute atomic E-state index is 0.143. The fourth-order valence-corrected chi connectivity index (χ4v) is 3.79. The number of hydrogen-bond donors (Lipinski definition) is 1. The van der Waals surface area contributed by atoms with Crippen LogP contribution in [-0.2, 0) is 11.3 Å². The number of hydrogen-bond acceptors (Lipinski definition) is 3. The summed E-state index contributed by atoms with van der Waals surface area (Å²) < 4.78 is 5.97. The fourth-order valence-electron chi connectivity index (χ4n) is 3.79. The molecule has 5 heteroatoms. The molecule has 0 fully saturated rings. The minimum atomic E-state index is -0.982. The molecule has 32 heavy (non-hydrogen) atoms. The normalized spacial score (nSPS) is 14.7. The lowest BCUT2D eigenvalue weighted by Crippen LogP contribution is -2.52. The van der Waals surface area contributed by atoms with Gasteiger partial charge in [0, 0.05) is 11.3 Å². The van der Waals surface area contributed by atoms with Crippen molar-refractivity contribution in [1.29, 1.82) is 0 Å². The Bertz CT molecular complexity index is 1140. The molecular formula is C27H28N2O3. The Morgan fingerprint density at radius 1 is 1.00 bits per heavy atom. The summed E-state index contributed by atoms with van der Waals surface area (Å²) in [6, 6.07) is 22.8. The smallest absolute Gasteiger partial charge is 0.271 e. The van der Waals surface area contributed by atoms with Crippen molar-refractivity contribution >= 4 is 23.2 Å². The maximum atomic E-state index is 13.2. The highest BCUT2D eigenvalue weighted by Gasteiger charge is 2.41. The van der Waals surface area contributed by atoms with E-state index in [9.17, 15) is 9.59 Å². The Kier molecular flexibility index (Phi) is 5.74. The zero-order valence-corrected chi connectivity index (χ0v) is 18.9. The first kappa shape index (κ1) is 21.6. The third-order valence-corrected chi connectivity index (χ3v) is 5.66. The Hall–Kier alpha value is -3.60. The summed E-state index contributed by atoms with van der Waals surface area (Å²) in [5.41, 5.74) is 3.03. The number of rotatable bonds is 5. The SMILES string of the molecule is CC(C)c1ccc(NC(=O)c2ccc3c(c2)N(Cc2ccccc2)C(=O)C(C)(C)O3)cc1. The van der Waals surface area contributed by atoms with Gasteiger partial charge in [-0.05, 0) is 61.2 Å². The van der Waals surface area contributed by atoms with Crippen LogP contribution in [0.3, 0.4) is 0 Å². The molecule has 0 radical (unpaired) electrons. The van der Waals surface area contributed by atoms with Gasteiger partial charge in [-0.25, -0.2) is 0 Å². The third-order valence-electron chi connectivity index (χ3n) is 5.66. The van der Waals surface area contributed by atoms with Crippen LogP contribution in [0.2, 0.25) is 0 Å². The lowest BCUT2D eigenvalue weighted by atomic mass is 10.0. The summed E-state index contributed by atoms with van der Waals surface area (Å²) in [6.45, 7) is 8.19. The standard InChI is InChI=1S/C27H28N2O3/c1-18(2)20-10-13-22(14-11-20)28-25(30)21-12-15-24-23(16-21)29(26(31)27(3,4)32-24)17-19-8-6-5-7-9-19/h5-16,18H,17H2,1-4H3,(H,28,30). The first-order valence-corrected chi connectivity index (χ1v) is 10.8. The Morgan fingerprint density at radius 3 is 2.34 bits per heavy atom. The fraction of sp³-hybridized carbons (Fsp3) is 0.259. The van der Waals surface area contributed by atoms with Crippen molar-refractivity contribution in [2.75, 3.05) is 10.2 Å². The van der Waals surface area contributed by atoms with Gasteiger partial charge in [-0.15, -0.1) is 0 Å². The lowest BCUT2D eigenvalue weighted by Gasteiger charge is -2.39. The molecule has 3 aromatic carbocycles. The Labute approximate surface area is 189 Å². The maximum absolute atomic E-state index is 13.2. The monoisotopic (exact) mass is 428 g/mol. The maximum Gasteiger partial charge on any atom is 0.271 e. The van der Waals surface area contributed by atoms with Gasteiger partial charge in [0.05, 0.1) is 12.2 Å². The van der Waals surface area contributed by atoms with Crippen molar-refractivity contribution < 1.29 is 14.3 Å². The summed E-state index contributed by atoms with van der Waals surface area (Å²) >= 11 is 0. The van der Waals surface area contributed by atoms with Crippen molar-refractivity contribution in [1.82, 2.24) is 0 Å². The molecule has 5 nitrogen and oxygen atoms in total. The number of nitrogens with one attached hydrogen (secondary N) is 1. The van der Waals surface area contributed by atoms with E-state index >= 15 is 0 Å². The molecule has 3 aromatic rings. The van der Waals surface area contributed by atoms with Crippen LogP contribution in [0.1, 0.15) is 55.1 Å². The van der Waals surface area contributed by atoms with E-state index in [1.165, 1.54) is 5.56 Å². The van der Waals surface area contributed by atoms with Gasteiger partial charge in [-0.1, -0.05) is 56.3 Å². The molecule has 1 aliphatic rings. The first-order chi connectivity index (χ1) is 15.2. The van der Waals surface area contributed by atoms with Crippen LogP contribution in [0.15, 0.2) is 72.8 Å². The van der Waals surface area contributed by atoms with E-state index in [1.54, 1.807) is 36.9 Å². The Morgan fingerprint density at radius 2 is 1.69 bits per heavy atom. The summed E-state index contributed by atoms with van der Waals surface area (Å²) in [7, 11) is 0. The highest BCUT2D eigenvalue weighted by atomic mass is 16.5. The van der Waals surface area contributed by atoms with E-state index in [1.807, 2.05) is 54.6 Å². The van der Waals surface area contributed by atoms with Crippen LogP contribution in [0.25, 0.3) is 0 Å². The number of benzene rings is 3. The van der Waals surface area contributed by atoms with Gasteiger partial charge in [0.25, 0.3) is 11.8 Å². The second-order valence-corrected chi connectivity index (χ2v) is 8.90. The van der Waals surface area contributed by atoms with Gasteiger partial charge in [-0.2, -0.15) is 0 Å². The summed E-state index contributed by atoms with van der Waals surface area (Å²) in [5.74, 6) is 0.638. The highest BCUT2D eigenvalue weighted by molar-refractivity contribution is 6.07. The number of amides is 2. The van der Waals surface area contributed by atoms with E-state index in [2.05, 4.69) is 19.2 Å². The van der Waals surface area contributed by atoms with Crippen LogP contribution in [0.5, 0.6) is 5.75 Å². The average molecular weight is 429 g/mol. The van der Waals surface area contributed by atoms with Crippen LogP contribution in [-0.4, -0.2) is 17.4 Å². The molecule has 2 amide bonds. The molecule has 0 aliphatic carbocycles. The number of ether oxygens (including phenoxy) is 1. The molecule has 1 N–H and O–H groups in total. The van der Waals surface area contributed by atoms with Crippen molar-refractivity contribution in [2.45, 2.75) is 45.8 Å². The number of nitrogens with zero attached hydrogens (tertiary/aromatic N) is 1. The minimum Gasteiger partial charge on any atom is -0.476 e. The molecule has 0 unspecified atom stereocenters. The van der Waals surface area contributed by atoms with Gasteiger partial charge >= 0.3 is 0 Å². The predicted octanol–water partition coefficient (Wildman–Crippen LogP) is 5.77. The van der Waals surface area contributed by atoms with Gasteiger partial charge in [0.15, 0.2) is 5.60 Å². The molecule has 0 bridgehead atoms. The van der Waals surface area contributed by atoms with Crippen molar-refractivity contribution in [2.24, 2.45) is 0 Å². The van der Waals surface area contributed by atoms with Crippen LogP contribution in [0.4, 0.5) is 11.4 Å². The molecular weight excluding hydrogens is 400 g/mol. The molecule has 0 aromatic heterocycles. The van der Waals surface area contributed by atoms with E-state index in [0.29, 0.717) is 29.5 Å². The summed E-state index contributed by atoms with van der Waals surface area (Å²) in [4.78, 5) is 27.8.